The topological polar surface area (TPSA) is 43.6 Å². The first-order chi connectivity index (χ1) is 8.66. The van der Waals surface area contributed by atoms with Gasteiger partial charge < -0.3 is 0 Å². The fraction of sp³-hybridized carbons (Fsp3) is 0.667. The molecule has 0 aliphatic heterocycles. The molecule has 0 spiro atoms. The highest BCUT2D eigenvalue weighted by Crippen LogP contribution is 2.32. The number of nitrogens with zero attached hydrogens (tertiary/aromatic N) is 4. The molecule has 0 amide bonds. The summed E-state index contributed by atoms with van der Waals surface area (Å²) < 4.78 is 2.03. The van der Waals surface area contributed by atoms with Crippen LogP contribution in [-0.2, 0) is 17.4 Å². The van der Waals surface area contributed by atoms with Gasteiger partial charge in [-0.2, -0.15) is 5.10 Å². The number of hydrogen-bond donors (Lipinski definition) is 0. The Morgan fingerprint density at radius 2 is 1.68 bits per heavy atom. The Morgan fingerprint density at radius 3 is 2.16 bits per heavy atom. The van der Waals surface area contributed by atoms with Gasteiger partial charge in [0.15, 0.2) is 5.65 Å². The molecule has 0 N–H and O–H groups in total. The lowest BCUT2D eigenvalue weighted by molar-refractivity contribution is 0.357. The van der Waals surface area contributed by atoms with Crippen molar-refractivity contribution in [3.05, 3.63) is 17.7 Å². The molecular weight excluding hydrogens is 236 g/mol. The Labute approximate surface area is 115 Å². The van der Waals surface area contributed by atoms with Gasteiger partial charge in [0.1, 0.15) is 6.33 Å². The van der Waals surface area contributed by atoms with Crippen LogP contribution >= 0.6 is 0 Å². The minimum atomic E-state index is -0.0822. The highest BCUT2D eigenvalue weighted by molar-refractivity contribution is 5.82. The van der Waals surface area contributed by atoms with Crippen LogP contribution in [0.1, 0.15) is 59.9 Å². The Morgan fingerprint density at radius 1 is 1.05 bits per heavy atom. The van der Waals surface area contributed by atoms with Crippen LogP contribution in [0.4, 0.5) is 0 Å². The number of hydrogen-bond acceptors (Lipinski definition) is 3. The molecular formula is C15H24N4. The van der Waals surface area contributed by atoms with Crippen LogP contribution in [-0.4, -0.2) is 19.7 Å². The lowest BCUT2D eigenvalue weighted by Gasteiger charge is -2.20. The second kappa shape index (κ2) is 4.29. The van der Waals surface area contributed by atoms with Crippen LogP contribution < -0.4 is 0 Å². The van der Waals surface area contributed by atoms with Gasteiger partial charge in [-0.05, 0) is 27.2 Å². The highest BCUT2D eigenvalue weighted by atomic mass is 15.3. The van der Waals surface area contributed by atoms with E-state index in [1.54, 1.807) is 6.33 Å². The van der Waals surface area contributed by atoms with E-state index in [4.69, 9.17) is 5.10 Å². The van der Waals surface area contributed by atoms with Crippen molar-refractivity contribution in [1.82, 2.24) is 19.7 Å². The smallest absolute Gasteiger partial charge is 0.162 e. The normalized spacial score (nSPS) is 13.2. The number of aromatic nitrogens is 4. The Bertz CT molecular complexity index is 597. The summed E-state index contributed by atoms with van der Waals surface area (Å²) in [6.45, 7) is 15.2. The predicted molar refractivity (Wildman–Crippen MR) is 78.4 cm³/mol. The summed E-state index contributed by atoms with van der Waals surface area (Å²) in [7, 11) is 0. The lowest BCUT2D eigenvalue weighted by atomic mass is 9.89. The van der Waals surface area contributed by atoms with Gasteiger partial charge in [0, 0.05) is 5.41 Å². The molecule has 0 aliphatic rings. The van der Waals surface area contributed by atoms with Gasteiger partial charge in [-0.1, -0.05) is 27.7 Å². The summed E-state index contributed by atoms with van der Waals surface area (Å²) in [5.41, 5.74) is 3.04. The second-order valence-electron chi connectivity index (χ2n) is 7.05. The number of aryl methyl sites for hydroxylation is 1. The average molecular weight is 260 g/mol. The zero-order chi connectivity index (χ0) is 14.4. The Balaban J connectivity index is 2.90. The first-order valence-corrected chi connectivity index (χ1v) is 6.90. The molecule has 2 aromatic heterocycles. The van der Waals surface area contributed by atoms with Crippen molar-refractivity contribution in [1.29, 1.82) is 0 Å². The van der Waals surface area contributed by atoms with Crippen molar-refractivity contribution < 1.29 is 0 Å². The molecule has 0 unspecified atom stereocenters. The monoisotopic (exact) mass is 260 g/mol. The van der Waals surface area contributed by atoms with Gasteiger partial charge in [0.05, 0.1) is 22.3 Å². The molecule has 4 nitrogen and oxygen atoms in total. The first kappa shape index (κ1) is 14.0. The van der Waals surface area contributed by atoms with Crippen molar-refractivity contribution in [2.75, 3.05) is 0 Å². The zero-order valence-corrected chi connectivity index (χ0v) is 13.1. The van der Waals surface area contributed by atoms with Gasteiger partial charge in [-0.25, -0.2) is 14.6 Å². The predicted octanol–water partition coefficient (Wildman–Crippen LogP) is 3.44. The molecule has 0 fully saturated rings. The molecule has 2 heterocycles. The Kier molecular flexibility index (Phi) is 3.15. The summed E-state index contributed by atoms with van der Waals surface area (Å²) in [6.07, 6.45) is 2.55. The molecule has 0 aromatic carbocycles. The van der Waals surface area contributed by atoms with Gasteiger partial charge >= 0.3 is 0 Å². The number of rotatable bonds is 1. The second-order valence-corrected chi connectivity index (χ2v) is 7.05. The summed E-state index contributed by atoms with van der Waals surface area (Å²) >= 11 is 0. The minimum absolute atomic E-state index is 0.0105. The molecule has 0 radical (unpaired) electrons. The van der Waals surface area contributed by atoms with Crippen LogP contribution in [0.15, 0.2) is 6.33 Å². The zero-order valence-electron chi connectivity index (χ0n) is 13.1. The van der Waals surface area contributed by atoms with Gasteiger partial charge in [-0.15, -0.1) is 0 Å². The van der Waals surface area contributed by atoms with E-state index in [2.05, 4.69) is 58.4 Å². The average Bonchev–Trinajstić information content (AvgIpc) is 2.67. The van der Waals surface area contributed by atoms with Crippen molar-refractivity contribution in [3.63, 3.8) is 0 Å². The van der Waals surface area contributed by atoms with E-state index in [0.717, 1.165) is 28.8 Å². The van der Waals surface area contributed by atoms with E-state index < -0.39 is 0 Å². The van der Waals surface area contributed by atoms with E-state index in [1.807, 2.05) is 4.68 Å². The molecule has 104 valence electrons. The summed E-state index contributed by atoms with van der Waals surface area (Å²) in [6, 6.07) is 0. The fourth-order valence-corrected chi connectivity index (χ4v) is 2.27. The van der Waals surface area contributed by atoms with Crippen molar-refractivity contribution in [3.8, 4) is 0 Å². The van der Waals surface area contributed by atoms with E-state index in [-0.39, 0.29) is 11.0 Å². The van der Waals surface area contributed by atoms with E-state index in [9.17, 15) is 0 Å². The summed E-state index contributed by atoms with van der Waals surface area (Å²) in [4.78, 5) is 8.91. The van der Waals surface area contributed by atoms with Crippen molar-refractivity contribution in [2.24, 2.45) is 0 Å². The van der Waals surface area contributed by atoms with Gasteiger partial charge in [0.25, 0.3) is 0 Å². The quantitative estimate of drug-likeness (QED) is 0.789. The van der Waals surface area contributed by atoms with E-state index >= 15 is 0 Å². The molecule has 0 saturated carbocycles. The van der Waals surface area contributed by atoms with Crippen LogP contribution in [0.5, 0.6) is 0 Å². The largest absolute Gasteiger partial charge is 0.242 e. The molecule has 4 heteroatoms. The van der Waals surface area contributed by atoms with Crippen LogP contribution in [0, 0.1) is 0 Å². The molecule has 19 heavy (non-hydrogen) atoms. The summed E-state index contributed by atoms with van der Waals surface area (Å²) in [5.74, 6) is 0. The SMILES string of the molecule is CCc1ncnc2c1c(C(C)(C)C)nn2C(C)(C)C. The maximum Gasteiger partial charge on any atom is 0.162 e. The third kappa shape index (κ3) is 2.36. The van der Waals surface area contributed by atoms with E-state index in [0.29, 0.717) is 0 Å². The molecule has 0 bridgehead atoms. The maximum atomic E-state index is 4.85. The molecule has 0 atom stereocenters. The van der Waals surface area contributed by atoms with Crippen molar-refractivity contribution in [2.45, 2.75) is 65.8 Å². The third-order valence-electron chi connectivity index (χ3n) is 3.22. The summed E-state index contributed by atoms with van der Waals surface area (Å²) in [5, 5.41) is 5.99. The van der Waals surface area contributed by atoms with E-state index in [1.165, 1.54) is 0 Å². The third-order valence-corrected chi connectivity index (χ3v) is 3.22. The number of fused-ring (bicyclic) bond motifs is 1. The molecule has 2 aromatic rings. The minimum Gasteiger partial charge on any atom is -0.242 e. The van der Waals surface area contributed by atoms with Crippen LogP contribution in [0.3, 0.4) is 0 Å². The molecule has 0 saturated heterocycles. The van der Waals surface area contributed by atoms with Crippen molar-refractivity contribution >= 4 is 11.0 Å². The first-order valence-electron chi connectivity index (χ1n) is 6.90. The molecule has 0 aliphatic carbocycles. The van der Waals surface area contributed by atoms with Gasteiger partial charge in [0.2, 0.25) is 0 Å². The van der Waals surface area contributed by atoms with Crippen LogP contribution in [0.2, 0.25) is 0 Å². The standard InChI is InChI=1S/C15H24N4/c1-8-10-11-12(14(2,3)4)18-19(15(5,6)7)13(11)17-9-16-10/h9H,8H2,1-7H3. The lowest BCUT2D eigenvalue weighted by Crippen LogP contribution is -2.24. The highest BCUT2D eigenvalue weighted by Gasteiger charge is 2.28. The molecule has 2 rings (SSSR count). The Hall–Kier alpha value is -1.45. The van der Waals surface area contributed by atoms with Gasteiger partial charge in [-0.3, -0.25) is 0 Å². The van der Waals surface area contributed by atoms with Crippen LogP contribution in [0.25, 0.3) is 11.0 Å². The fourth-order valence-electron chi connectivity index (χ4n) is 2.27. The maximum absolute atomic E-state index is 4.85.